The minimum atomic E-state index is -0.944. The molecule has 112 valence electrons. The maximum atomic E-state index is 11.7. The van der Waals surface area contributed by atoms with Crippen LogP contribution in [-0.2, 0) is 17.3 Å². The predicted octanol–water partition coefficient (Wildman–Crippen LogP) is 1.91. The molecule has 1 aromatic carbocycles. The molecular formula is C13H19ClN2O3S. The number of methoxy groups -OCH3 is 1. The summed E-state index contributed by atoms with van der Waals surface area (Å²) in [6, 6.07) is 4.81. The third-order valence-corrected chi connectivity index (χ3v) is 3.91. The first-order valence-electron chi connectivity index (χ1n) is 6.09. The first kappa shape index (κ1) is 16.8. The lowest BCUT2D eigenvalue weighted by molar-refractivity contribution is 0.238. The fraction of sp³-hybridized carbons (Fsp3) is 0.462. The van der Waals surface area contributed by atoms with Gasteiger partial charge in [0.25, 0.3) is 0 Å². The average Bonchev–Trinajstić information content (AvgIpc) is 2.35. The number of hydrogen-bond donors (Lipinski definition) is 2. The molecule has 0 aliphatic carbocycles. The van der Waals surface area contributed by atoms with Gasteiger partial charge in [-0.2, -0.15) is 0 Å². The van der Waals surface area contributed by atoms with Crippen LogP contribution in [0.2, 0.25) is 5.02 Å². The second-order valence-corrected chi connectivity index (χ2v) is 6.28. The lowest BCUT2D eigenvalue weighted by Gasteiger charge is -2.15. The van der Waals surface area contributed by atoms with E-state index < -0.39 is 10.8 Å². The molecule has 0 aliphatic rings. The number of hydrogen-bond acceptors (Lipinski definition) is 3. The van der Waals surface area contributed by atoms with E-state index in [1.165, 1.54) is 0 Å². The molecule has 7 heteroatoms. The van der Waals surface area contributed by atoms with Gasteiger partial charge in [0.15, 0.2) is 0 Å². The van der Waals surface area contributed by atoms with E-state index in [0.717, 1.165) is 5.56 Å². The topological polar surface area (TPSA) is 67.4 Å². The van der Waals surface area contributed by atoms with Crippen molar-refractivity contribution in [2.75, 3.05) is 19.1 Å². The summed E-state index contributed by atoms with van der Waals surface area (Å²) in [7, 11) is 0.605. The zero-order valence-electron chi connectivity index (χ0n) is 11.7. The van der Waals surface area contributed by atoms with Gasteiger partial charge in [-0.05, 0) is 19.1 Å². The highest BCUT2D eigenvalue weighted by atomic mass is 35.5. The maximum Gasteiger partial charge on any atom is 0.315 e. The first-order chi connectivity index (χ1) is 9.43. The molecule has 2 N–H and O–H groups in total. The standard InChI is InChI=1S/C13H19ClN2O3S/c1-9(8-20(3)18)16-13(17)15-7-10-11(14)5-4-6-12(10)19-2/h4-6,9H,7-8H2,1-3H3,(H2,15,16,17)/t9-,20-/m1/s1. The summed E-state index contributed by atoms with van der Waals surface area (Å²) in [5.41, 5.74) is 0.721. The third-order valence-electron chi connectivity index (χ3n) is 2.58. The van der Waals surface area contributed by atoms with E-state index in [1.807, 2.05) is 0 Å². The van der Waals surface area contributed by atoms with Crippen molar-refractivity contribution in [2.45, 2.75) is 19.5 Å². The lowest BCUT2D eigenvalue weighted by atomic mass is 10.2. The lowest BCUT2D eigenvalue weighted by Crippen LogP contribution is -2.42. The van der Waals surface area contributed by atoms with Crippen LogP contribution >= 0.6 is 11.6 Å². The summed E-state index contributed by atoms with van der Waals surface area (Å²) in [6.07, 6.45) is 1.60. The van der Waals surface area contributed by atoms with Crippen LogP contribution < -0.4 is 15.4 Å². The molecule has 5 nitrogen and oxygen atoms in total. The normalized spacial score (nSPS) is 13.4. The van der Waals surface area contributed by atoms with E-state index in [0.29, 0.717) is 16.5 Å². The highest BCUT2D eigenvalue weighted by molar-refractivity contribution is 7.84. The molecule has 0 saturated carbocycles. The van der Waals surface area contributed by atoms with Gasteiger partial charge in [0.2, 0.25) is 0 Å². The summed E-state index contributed by atoms with van der Waals surface area (Å²) in [6.45, 7) is 2.06. The van der Waals surface area contributed by atoms with Crippen LogP contribution in [0, 0.1) is 0 Å². The Balaban J connectivity index is 2.55. The fourth-order valence-electron chi connectivity index (χ4n) is 1.74. The Morgan fingerprint density at radius 2 is 2.20 bits per heavy atom. The van der Waals surface area contributed by atoms with E-state index >= 15 is 0 Å². The second-order valence-electron chi connectivity index (χ2n) is 4.39. The fourth-order valence-corrected chi connectivity index (χ4v) is 2.76. The number of amides is 2. The van der Waals surface area contributed by atoms with Crippen molar-refractivity contribution < 1.29 is 13.7 Å². The maximum absolute atomic E-state index is 11.7. The Hall–Kier alpha value is -1.27. The Labute approximate surface area is 126 Å². The predicted molar refractivity (Wildman–Crippen MR) is 81.8 cm³/mol. The van der Waals surface area contributed by atoms with E-state index in [9.17, 15) is 9.00 Å². The number of rotatable bonds is 6. The quantitative estimate of drug-likeness (QED) is 0.842. The molecule has 2 amide bonds. The SMILES string of the molecule is COc1cccc(Cl)c1CNC(=O)N[C@H](C)C[S@@](C)=O. The zero-order chi connectivity index (χ0) is 15.1. The van der Waals surface area contributed by atoms with Crippen molar-refractivity contribution in [2.24, 2.45) is 0 Å². The largest absolute Gasteiger partial charge is 0.496 e. The third kappa shape index (κ3) is 5.38. The molecule has 0 fully saturated rings. The number of halogens is 1. The number of carbonyl (C=O) groups excluding carboxylic acids is 1. The Kier molecular flexibility index (Phi) is 6.81. The van der Waals surface area contributed by atoms with Crippen LogP contribution in [0.5, 0.6) is 5.75 Å². The molecule has 0 aliphatic heterocycles. The molecule has 1 rings (SSSR count). The van der Waals surface area contributed by atoms with Crippen LogP contribution in [-0.4, -0.2) is 35.4 Å². The minimum Gasteiger partial charge on any atom is -0.496 e. The summed E-state index contributed by atoms with van der Waals surface area (Å²) in [5.74, 6) is 1.04. The molecule has 0 aromatic heterocycles. The molecule has 0 bridgehead atoms. The van der Waals surface area contributed by atoms with Crippen LogP contribution in [0.3, 0.4) is 0 Å². The molecule has 0 spiro atoms. The van der Waals surface area contributed by atoms with Crippen LogP contribution in [0.25, 0.3) is 0 Å². The molecule has 0 saturated heterocycles. The van der Waals surface area contributed by atoms with Crippen LogP contribution in [0.4, 0.5) is 4.79 Å². The van der Waals surface area contributed by atoms with Crippen molar-refractivity contribution in [3.63, 3.8) is 0 Å². The summed E-state index contributed by atoms with van der Waals surface area (Å²) >= 11 is 6.07. The zero-order valence-corrected chi connectivity index (χ0v) is 13.3. The number of nitrogens with one attached hydrogen (secondary N) is 2. The van der Waals surface area contributed by atoms with E-state index in [-0.39, 0.29) is 18.6 Å². The van der Waals surface area contributed by atoms with Gasteiger partial charge in [0, 0.05) is 46.0 Å². The van der Waals surface area contributed by atoms with Gasteiger partial charge in [-0.1, -0.05) is 17.7 Å². The van der Waals surface area contributed by atoms with Crippen LogP contribution in [0.1, 0.15) is 12.5 Å². The van der Waals surface area contributed by atoms with Crippen LogP contribution in [0.15, 0.2) is 18.2 Å². The van der Waals surface area contributed by atoms with Gasteiger partial charge in [-0.15, -0.1) is 0 Å². The van der Waals surface area contributed by atoms with Gasteiger partial charge in [0.1, 0.15) is 5.75 Å². The second kappa shape index (κ2) is 8.11. The van der Waals surface area contributed by atoms with Crippen molar-refractivity contribution >= 4 is 28.4 Å². The molecule has 0 radical (unpaired) electrons. The Morgan fingerprint density at radius 1 is 1.50 bits per heavy atom. The first-order valence-corrected chi connectivity index (χ1v) is 8.20. The number of benzene rings is 1. The van der Waals surface area contributed by atoms with Gasteiger partial charge in [-0.25, -0.2) is 4.79 Å². The molecular weight excluding hydrogens is 300 g/mol. The van der Waals surface area contributed by atoms with Gasteiger partial charge in [0.05, 0.1) is 7.11 Å². The van der Waals surface area contributed by atoms with E-state index in [4.69, 9.17) is 16.3 Å². The molecule has 0 unspecified atom stereocenters. The Morgan fingerprint density at radius 3 is 2.80 bits per heavy atom. The van der Waals surface area contributed by atoms with Gasteiger partial charge in [-0.3, -0.25) is 4.21 Å². The van der Waals surface area contributed by atoms with Crippen molar-refractivity contribution in [1.82, 2.24) is 10.6 Å². The average molecular weight is 319 g/mol. The summed E-state index contributed by atoms with van der Waals surface area (Å²) < 4.78 is 16.2. The summed E-state index contributed by atoms with van der Waals surface area (Å²) in [4.78, 5) is 11.7. The van der Waals surface area contributed by atoms with Crippen molar-refractivity contribution in [3.8, 4) is 5.75 Å². The van der Waals surface area contributed by atoms with E-state index in [1.54, 1.807) is 38.5 Å². The molecule has 0 heterocycles. The highest BCUT2D eigenvalue weighted by Gasteiger charge is 2.11. The Bertz CT molecular complexity index is 497. The number of carbonyl (C=O) groups is 1. The highest BCUT2D eigenvalue weighted by Crippen LogP contribution is 2.25. The minimum absolute atomic E-state index is 0.158. The smallest absolute Gasteiger partial charge is 0.315 e. The van der Waals surface area contributed by atoms with Gasteiger partial charge < -0.3 is 15.4 Å². The monoisotopic (exact) mass is 318 g/mol. The number of urea groups is 1. The van der Waals surface area contributed by atoms with E-state index in [2.05, 4.69) is 10.6 Å². The summed E-state index contributed by atoms with van der Waals surface area (Å²) in [5, 5.41) is 5.95. The molecule has 20 heavy (non-hydrogen) atoms. The molecule has 2 atom stereocenters. The number of ether oxygens (including phenoxy) is 1. The molecule has 1 aromatic rings. The van der Waals surface area contributed by atoms with Crippen molar-refractivity contribution in [1.29, 1.82) is 0 Å². The van der Waals surface area contributed by atoms with Gasteiger partial charge >= 0.3 is 6.03 Å². The van der Waals surface area contributed by atoms with Crippen molar-refractivity contribution in [3.05, 3.63) is 28.8 Å².